The van der Waals surface area contributed by atoms with Gasteiger partial charge in [0.05, 0.1) is 26.0 Å². The summed E-state index contributed by atoms with van der Waals surface area (Å²) < 4.78 is 10.5. The molecule has 0 aliphatic heterocycles. The molecule has 0 aromatic carbocycles. The number of ether oxygens (including phenoxy) is 2. The zero-order chi connectivity index (χ0) is 14.3. The Bertz CT molecular complexity index is 424. The summed E-state index contributed by atoms with van der Waals surface area (Å²) in [5.74, 6) is 1.17. The molecule has 1 aromatic rings. The van der Waals surface area contributed by atoms with Crippen molar-refractivity contribution in [2.45, 2.75) is 26.4 Å². The van der Waals surface area contributed by atoms with E-state index < -0.39 is 0 Å². The molecule has 6 nitrogen and oxygen atoms in total. The van der Waals surface area contributed by atoms with E-state index in [-0.39, 0.29) is 11.9 Å². The summed E-state index contributed by atoms with van der Waals surface area (Å²) in [6, 6.07) is 1.44. The monoisotopic (exact) mass is 267 g/mol. The van der Waals surface area contributed by atoms with Gasteiger partial charge in [-0.2, -0.15) is 0 Å². The summed E-state index contributed by atoms with van der Waals surface area (Å²) in [4.78, 5) is 15.8. The number of carbonyl (C=O) groups is 1. The number of carbonyl (C=O) groups excluding carboxylic acids is 1. The average Bonchev–Trinajstić information content (AvgIpc) is 2.44. The first kappa shape index (κ1) is 15.2. The number of pyridine rings is 1. The zero-order valence-electron chi connectivity index (χ0n) is 11.8. The molecule has 0 fully saturated rings. The van der Waals surface area contributed by atoms with Crippen molar-refractivity contribution in [1.29, 1.82) is 0 Å². The minimum absolute atomic E-state index is 0.0376. The van der Waals surface area contributed by atoms with Crippen molar-refractivity contribution in [1.82, 2.24) is 15.6 Å². The van der Waals surface area contributed by atoms with E-state index >= 15 is 0 Å². The molecule has 0 bridgehead atoms. The van der Waals surface area contributed by atoms with Crippen molar-refractivity contribution < 1.29 is 14.3 Å². The summed E-state index contributed by atoms with van der Waals surface area (Å²) in [6.45, 7) is 4.74. The van der Waals surface area contributed by atoms with Gasteiger partial charge in [0.2, 0.25) is 5.91 Å². The summed E-state index contributed by atoms with van der Waals surface area (Å²) in [5.41, 5.74) is 0.706. The van der Waals surface area contributed by atoms with Crippen molar-refractivity contribution in [3.63, 3.8) is 0 Å². The van der Waals surface area contributed by atoms with E-state index in [2.05, 4.69) is 15.6 Å². The molecular weight excluding hydrogens is 246 g/mol. The molecule has 6 heteroatoms. The summed E-state index contributed by atoms with van der Waals surface area (Å²) >= 11 is 0. The Labute approximate surface area is 113 Å². The molecule has 1 amide bonds. The maximum atomic E-state index is 11.6. The normalized spacial score (nSPS) is 11.8. The largest absolute Gasteiger partial charge is 0.493 e. The molecule has 0 spiro atoms. The smallest absolute Gasteiger partial charge is 0.236 e. The molecule has 106 valence electrons. The van der Waals surface area contributed by atoms with Gasteiger partial charge in [-0.1, -0.05) is 0 Å². The van der Waals surface area contributed by atoms with Gasteiger partial charge in [0.15, 0.2) is 11.5 Å². The minimum Gasteiger partial charge on any atom is -0.493 e. The average molecular weight is 267 g/mol. The number of likely N-dealkylation sites (N-methyl/N-ethyl adjacent to an activating group) is 1. The van der Waals surface area contributed by atoms with E-state index in [9.17, 15) is 4.79 Å². The number of rotatable bonds is 7. The Morgan fingerprint density at radius 2 is 2.16 bits per heavy atom. The predicted octanol–water partition coefficient (Wildman–Crippen LogP) is 0.713. The van der Waals surface area contributed by atoms with Crippen LogP contribution in [0.3, 0.4) is 0 Å². The quantitative estimate of drug-likeness (QED) is 0.761. The van der Waals surface area contributed by atoms with Gasteiger partial charge in [-0.3, -0.25) is 9.78 Å². The van der Waals surface area contributed by atoms with E-state index in [0.29, 0.717) is 30.3 Å². The van der Waals surface area contributed by atoms with E-state index in [1.54, 1.807) is 33.4 Å². The van der Waals surface area contributed by atoms with Crippen molar-refractivity contribution >= 4 is 5.91 Å². The van der Waals surface area contributed by atoms with Crippen LogP contribution >= 0.6 is 0 Å². The van der Waals surface area contributed by atoms with Gasteiger partial charge in [0.25, 0.3) is 0 Å². The highest BCUT2D eigenvalue weighted by atomic mass is 16.5. The van der Waals surface area contributed by atoms with Crippen molar-refractivity contribution in [2.24, 2.45) is 0 Å². The molecule has 1 atom stereocenters. The number of hydrogen-bond acceptors (Lipinski definition) is 5. The maximum absolute atomic E-state index is 11.6. The van der Waals surface area contributed by atoms with E-state index in [4.69, 9.17) is 9.47 Å². The van der Waals surface area contributed by atoms with Crippen LogP contribution in [0.4, 0.5) is 0 Å². The fourth-order valence-corrected chi connectivity index (χ4v) is 1.65. The lowest BCUT2D eigenvalue weighted by atomic mass is 10.2. The summed E-state index contributed by atoms with van der Waals surface area (Å²) in [7, 11) is 3.14. The third-order valence-corrected chi connectivity index (χ3v) is 2.69. The van der Waals surface area contributed by atoms with Crippen LogP contribution in [0.1, 0.15) is 19.5 Å². The maximum Gasteiger partial charge on any atom is 0.236 e. The Hall–Kier alpha value is -1.82. The predicted molar refractivity (Wildman–Crippen MR) is 72.3 cm³/mol. The van der Waals surface area contributed by atoms with Crippen LogP contribution in [0, 0.1) is 0 Å². The second kappa shape index (κ2) is 7.58. The van der Waals surface area contributed by atoms with E-state index in [1.807, 2.05) is 6.92 Å². The van der Waals surface area contributed by atoms with Crippen LogP contribution < -0.4 is 20.1 Å². The van der Waals surface area contributed by atoms with Crippen LogP contribution in [0.5, 0.6) is 11.5 Å². The molecule has 1 unspecified atom stereocenters. The Morgan fingerprint density at radius 3 is 2.74 bits per heavy atom. The molecular formula is C13H21N3O3. The number of amides is 1. The Kier molecular flexibility index (Phi) is 6.08. The molecule has 0 saturated heterocycles. The number of nitrogens with one attached hydrogen (secondary N) is 2. The van der Waals surface area contributed by atoms with Crippen LogP contribution in [-0.2, 0) is 11.3 Å². The van der Waals surface area contributed by atoms with Gasteiger partial charge in [-0.25, -0.2) is 0 Å². The molecule has 0 aliphatic carbocycles. The lowest BCUT2D eigenvalue weighted by molar-refractivity contribution is -0.122. The van der Waals surface area contributed by atoms with Crippen LogP contribution in [0.2, 0.25) is 0 Å². The van der Waals surface area contributed by atoms with E-state index in [0.717, 1.165) is 0 Å². The molecule has 2 N–H and O–H groups in total. The SMILES string of the molecule is CCNC(=O)C(C)NCc1nccc(OC)c1OC. The van der Waals surface area contributed by atoms with Gasteiger partial charge in [-0.15, -0.1) is 0 Å². The Balaban J connectivity index is 2.70. The molecule has 19 heavy (non-hydrogen) atoms. The Morgan fingerprint density at radius 1 is 1.42 bits per heavy atom. The summed E-state index contributed by atoms with van der Waals surface area (Å²) in [5, 5.41) is 5.85. The summed E-state index contributed by atoms with van der Waals surface area (Å²) in [6.07, 6.45) is 1.65. The third-order valence-electron chi connectivity index (χ3n) is 2.69. The molecule has 0 aliphatic rings. The first-order valence-electron chi connectivity index (χ1n) is 6.21. The number of hydrogen-bond donors (Lipinski definition) is 2. The molecule has 1 rings (SSSR count). The molecule has 1 heterocycles. The fraction of sp³-hybridized carbons (Fsp3) is 0.538. The molecule has 0 saturated carbocycles. The lowest BCUT2D eigenvalue weighted by Gasteiger charge is -2.15. The standard InChI is InChI=1S/C13H21N3O3/c1-5-14-13(17)9(2)16-8-10-12(19-4)11(18-3)6-7-15-10/h6-7,9,16H,5,8H2,1-4H3,(H,14,17). The second-order valence-corrected chi connectivity index (χ2v) is 3.99. The first-order chi connectivity index (χ1) is 9.13. The fourth-order valence-electron chi connectivity index (χ4n) is 1.65. The zero-order valence-corrected chi connectivity index (χ0v) is 11.8. The van der Waals surface area contributed by atoms with Gasteiger partial charge in [0.1, 0.15) is 0 Å². The number of nitrogens with zero attached hydrogens (tertiary/aromatic N) is 1. The highest BCUT2D eigenvalue weighted by molar-refractivity contribution is 5.81. The number of methoxy groups -OCH3 is 2. The first-order valence-corrected chi connectivity index (χ1v) is 6.21. The van der Waals surface area contributed by atoms with Crippen molar-refractivity contribution in [3.05, 3.63) is 18.0 Å². The topological polar surface area (TPSA) is 72.5 Å². The highest BCUT2D eigenvalue weighted by Crippen LogP contribution is 2.28. The van der Waals surface area contributed by atoms with Crippen LogP contribution in [0.25, 0.3) is 0 Å². The molecule has 0 radical (unpaired) electrons. The lowest BCUT2D eigenvalue weighted by Crippen LogP contribution is -2.41. The van der Waals surface area contributed by atoms with Gasteiger partial charge >= 0.3 is 0 Å². The van der Waals surface area contributed by atoms with Gasteiger partial charge in [-0.05, 0) is 13.8 Å². The van der Waals surface area contributed by atoms with Gasteiger partial charge < -0.3 is 20.1 Å². The molecule has 1 aromatic heterocycles. The highest BCUT2D eigenvalue weighted by Gasteiger charge is 2.15. The van der Waals surface area contributed by atoms with Gasteiger partial charge in [0, 0.05) is 25.4 Å². The number of aromatic nitrogens is 1. The van der Waals surface area contributed by atoms with Crippen molar-refractivity contribution in [3.8, 4) is 11.5 Å². The van der Waals surface area contributed by atoms with E-state index in [1.165, 1.54) is 0 Å². The van der Waals surface area contributed by atoms with Crippen molar-refractivity contribution in [2.75, 3.05) is 20.8 Å². The van der Waals surface area contributed by atoms with Crippen LogP contribution in [-0.4, -0.2) is 37.7 Å². The minimum atomic E-state index is -0.294. The van der Waals surface area contributed by atoms with Crippen LogP contribution in [0.15, 0.2) is 12.3 Å². The second-order valence-electron chi connectivity index (χ2n) is 3.99. The third kappa shape index (κ3) is 4.10.